The lowest BCUT2D eigenvalue weighted by Crippen LogP contribution is -2.34. The average Bonchev–Trinajstić information content (AvgIpc) is 2.95. The number of halogens is 3. The van der Waals surface area contributed by atoms with Crippen LogP contribution in [0.25, 0.3) is 0 Å². The highest BCUT2D eigenvalue weighted by Crippen LogP contribution is 2.51. The van der Waals surface area contributed by atoms with E-state index in [0.717, 1.165) is 0 Å². The molecule has 0 spiro atoms. The Morgan fingerprint density at radius 1 is 1.33 bits per heavy atom. The summed E-state index contributed by atoms with van der Waals surface area (Å²) < 4.78 is 66.1. The summed E-state index contributed by atoms with van der Waals surface area (Å²) in [6, 6.07) is 0. The molecule has 0 heterocycles. The number of alkyl halides is 3. The van der Waals surface area contributed by atoms with Crippen LogP contribution < -0.4 is 5.11 Å². The summed E-state index contributed by atoms with van der Waals surface area (Å²) in [5.74, 6) is -2.19. The van der Waals surface area contributed by atoms with Crippen LogP contribution in [-0.2, 0) is 19.6 Å². The summed E-state index contributed by atoms with van der Waals surface area (Å²) in [7, 11) is -5.82. The zero-order valence-electron chi connectivity index (χ0n) is 12.9. The predicted octanol–water partition coefficient (Wildman–Crippen LogP) is 1.52. The largest absolute Gasteiger partial charge is 0.861 e. The SMILES string of the molecule is C=C(C)C(=O)OC1CC2CC(C/C([O-])=N\S(=O)(=O)C(F)(F)F)C1C2. The van der Waals surface area contributed by atoms with Gasteiger partial charge in [-0.05, 0) is 56.3 Å². The minimum Gasteiger partial charge on any atom is -0.861 e. The second-order valence-corrected chi connectivity index (χ2v) is 7.93. The van der Waals surface area contributed by atoms with Crippen LogP contribution >= 0.6 is 0 Å². The molecule has 2 bridgehead atoms. The van der Waals surface area contributed by atoms with E-state index in [1.165, 1.54) is 6.92 Å². The lowest BCUT2D eigenvalue weighted by atomic mass is 9.84. The van der Waals surface area contributed by atoms with Crippen LogP contribution in [0.4, 0.5) is 13.2 Å². The zero-order chi connectivity index (χ0) is 18.3. The van der Waals surface area contributed by atoms with E-state index in [0.29, 0.717) is 19.3 Å². The monoisotopic (exact) mass is 368 g/mol. The van der Waals surface area contributed by atoms with Gasteiger partial charge in [-0.15, -0.1) is 0 Å². The van der Waals surface area contributed by atoms with Gasteiger partial charge in [0, 0.05) is 5.57 Å². The summed E-state index contributed by atoms with van der Waals surface area (Å²) in [6.07, 6.45) is 1.08. The number of fused-ring (bicyclic) bond motifs is 2. The molecule has 2 rings (SSSR count). The van der Waals surface area contributed by atoms with Gasteiger partial charge in [-0.25, -0.2) is 4.79 Å². The van der Waals surface area contributed by atoms with Gasteiger partial charge < -0.3 is 9.84 Å². The first kappa shape index (κ1) is 18.8. The Morgan fingerprint density at radius 3 is 2.46 bits per heavy atom. The molecule has 10 heteroatoms. The third kappa shape index (κ3) is 3.90. The van der Waals surface area contributed by atoms with Crippen molar-refractivity contribution in [2.45, 2.75) is 44.2 Å². The van der Waals surface area contributed by atoms with Crippen LogP contribution in [0, 0.1) is 17.8 Å². The van der Waals surface area contributed by atoms with E-state index in [9.17, 15) is 31.5 Å². The number of ether oxygens (including phenoxy) is 1. The molecule has 136 valence electrons. The van der Waals surface area contributed by atoms with Gasteiger partial charge in [-0.1, -0.05) is 6.58 Å². The molecule has 4 atom stereocenters. The third-order valence-corrected chi connectivity index (χ3v) is 5.48. The van der Waals surface area contributed by atoms with Crippen molar-refractivity contribution in [2.24, 2.45) is 22.2 Å². The van der Waals surface area contributed by atoms with Crippen molar-refractivity contribution in [3.8, 4) is 0 Å². The predicted molar refractivity (Wildman–Crippen MR) is 76.0 cm³/mol. The zero-order valence-corrected chi connectivity index (χ0v) is 13.7. The van der Waals surface area contributed by atoms with Gasteiger partial charge in [-0.3, -0.25) is 0 Å². The summed E-state index contributed by atoms with van der Waals surface area (Å²) in [5, 5.41) is 11.6. The Hall–Kier alpha value is -1.58. The molecular formula is C14H17F3NO5S-. The van der Waals surface area contributed by atoms with Crippen LogP contribution in [0.5, 0.6) is 0 Å². The van der Waals surface area contributed by atoms with Gasteiger partial charge in [0.1, 0.15) is 6.10 Å². The molecule has 4 unspecified atom stereocenters. The van der Waals surface area contributed by atoms with E-state index >= 15 is 0 Å². The van der Waals surface area contributed by atoms with Crippen LogP contribution in [0.3, 0.4) is 0 Å². The highest BCUT2D eigenvalue weighted by Gasteiger charge is 2.48. The van der Waals surface area contributed by atoms with Crippen molar-refractivity contribution in [1.29, 1.82) is 0 Å². The highest BCUT2D eigenvalue weighted by atomic mass is 32.2. The fourth-order valence-corrected chi connectivity index (χ4v) is 3.93. The highest BCUT2D eigenvalue weighted by molar-refractivity contribution is 7.91. The smallest absolute Gasteiger partial charge is 0.518 e. The van der Waals surface area contributed by atoms with Crippen molar-refractivity contribution < 1.29 is 36.2 Å². The third-order valence-electron chi connectivity index (χ3n) is 4.45. The molecule has 6 nitrogen and oxygen atoms in total. The Kier molecular flexibility index (Phi) is 4.98. The summed E-state index contributed by atoms with van der Waals surface area (Å²) in [5.41, 5.74) is -5.35. The molecule has 0 aliphatic heterocycles. The summed E-state index contributed by atoms with van der Waals surface area (Å²) >= 11 is 0. The molecule has 0 aromatic rings. The summed E-state index contributed by atoms with van der Waals surface area (Å²) in [4.78, 5) is 11.6. The van der Waals surface area contributed by atoms with E-state index in [1.54, 1.807) is 0 Å². The van der Waals surface area contributed by atoms with Crippen molar-refractivity contribution in [3.05, 3.63) is 12.2 Å². The number of carbonyl (C=O) groups is 1. The molecule has 2 aliphatic rings. The fourth-order valence-electron chi connectivity index (χ4n) is 3.48. The normalized spacial score (nSPS) is 30.4. The molecule has 0 N–H and O–H groups in total. The first-order chi connectivity index (χ1) is 10.9. The second kappa shape index (κ2) is 6.38. The Labute approximate surface area is 137 Å². The molecule has 2 aliphatic carbocycles. The minimum absolute atomic E-state index is 0.175. The van der Waals surface area contributed by atoms with Crippen molar-refractivity contribution in [3.63, 3.8) is 0 Å². The average molecular weight is 368 g/mol. The number of esters is 1. The van der Waals surface area contributed by atoms with Gasteiger partial charge in [0.25, 0.3) is 0 Å². The maximum atomic E-state index is 12.2. The lowest BCUT2D eigenvalue weighted by Gasteiger charge is -2.30. The minimum atomic E-state index is -5.82. The molecule has 0 aromatic carbocycles. The van der Waals surface area contributed by atoms with Gasteiger partial charge in [-0.2, -0.15) is 26.0 Å². The molecule has 2 saturated carbocycles. The van der Waals surface area contributed by atoms with E-state index in [1.807, 2.05) is 0 Å². The molecule has 0 aromatic heterocycles. The number of nitrogens with zero attached hydrogens (tertiary/aromatic N) is 1. The molecule has 0 radical (unpaired) electrons. The first-order valence-corrected chi connectivity index (χ1v) is 8.78. The van der Waals surface area contributed by atoms with E-state index in [-0.39, 0.29) is 23.3 Å². The van der Waals surface area contributed by atoms with Crippen LogP contribution in [0.1, 0.15) is 32.6 Å². The number of rotatable bonds is 5. The molecule has 2 fully saturated rings. The van der Waals surface area contributed by atoms with Gasteiger partial charge >= 0.3 is 21.5 Å². The Bertz CT molecular complexity index is 670. The Balaban J connectivity index is 2.04. The van der Waals surface area contributed by atoms with Crippen molar-refractivity contribution in [1.82, 2.24) is 0 Å². The molecule has 0 amide bonds. The quantitative estimate of drug-likeness (QED) is 0.317. The van der Waals surface area contributed by atoms with Gasteiger partial charge in [0.15, 0.2) is 0 Å². The van der Waals surface area contributed by atoms with Gasteiger partial charge in [0.05, 0.1) is 0 Å². The van der Waals surface area contributed by atoms with Crippen LogP contribution in [0.15, 0.2) is 16.5 Å². The molecule has 0 saturated heterocycles. The molecule has 24 heavy (non-hydrogen) atoms. The van der Waals surface area contributed by atoms with Gasteiger partial charge in [0.2, 0.25) is 0 Å². The fraction of sp³-hybridized carbons (Fsp3) is 0.714. The number of hydrogen-bond acceptors (Lipinski definition) is 5. The van der Waals surface area contributed by atoms with Crippen LogP contribution in [-0.4, -0.2) is 31.9 Å². The first-order valence-electron chi connectivity index (χ1n) is 7.34. The topological polar surface area (TPSA) is 95.9 Å². The Morgan fingerprint density at radius 2 is 1.96 bits per heavy atom. The lowest BCUT2D eigenvalue weighted by molar-refractivity contribution is -0.220. The van der Waals surface area contributed by atoms with E-state index < -0.39 is 39.9 Å². The number of sulfonamides is 1. The molecular weight excluding hydrogens is 351 g/mol. The van der Waals surface area contributed by atoms with Crippen molar-refractivity contribution in [2.75, 3.05) is 0 Å². The maximum Gasteiger partial charge on any atom is 0.518 e. The standard InChI is InChI=1S/C14H18F3NO5S/c1-7(2)13(20)23-11-5-8-3-9(10(11)4-8)6-12(19)18-24(21,22)14(15,16)17/h8-11H,1,3-6H2,2H3,(H,18,19)/p-1. The summed E-state index contributed by atoms with van der Waals surface area (Å²) in [6.45, 7) is 4.97. The van der Waals surface area contributed by atoms with Crippen LogP contribution in [0.2, 0.25) is 0 Å². The van der Waals surface area contributed by atoms with E-state index in [2.05, 4.69) is 11.0 Å². The van der Waals surface area contributed by atoms with E-state index in [4.69, 9.17) is 4.74 Å². The number of carbonyl (C=O) groups excluding carboxylic acids is 1. The maximum absolute atomic E-state index is 12.2. The van der Waals surface area contributed by atoms with Crippen molar-refractivity contribution >= 4 is 21.9 Å². The second-order valence-electron chi connectivity index (χ2n) is 6.33. The number of hydrogen-bond donors (Lipinski definition) is 0.